The van der Waals surface area contributed by atoms with E-state index in [0.29, 0.717) is 15.6 Å². The van der Waals surface area contributed by atoms with Gasteiger partial charge in [0.1, 0.15) is 30.5 Å². The normalized spacial score (nSPS) is 21.7. The van der Waals surface area contributed by atoms with E-state index in [2.05, 4.69) is 10.6 Å². The quantitative estimate of drug-likeness (QED) is 0.208. The number of halogens is 2. The fourth-order valence-electron chi connectivity index (χ4n) is 3.74. The molecule has 1 saturated heterocycles. The van der Waals surface area contributed by atoms with Gasteiger partial charge in [0.25, 0.3) is 5.91 Å². The second-order valence-electron chi connectivity index (χ2n) is 10.3. The molecule has 1 fully saturated rings. The van der Waals surface area contributed by atoms with Gasteiger partial charge in [0.15, 0.2) is 6.10 Å². The maximum absolute atomic E-state index is 12.8. The number of methoxy groups -OCH3 is 1. The van der Waals surface area contributed by atoms with E-state index >= 15 is 0 Å². The van der Waals surface area contributed by atoms with Gasteiger partial charge in [-0.3, -0.25) is 14.4 Å². The zero-order valence-electron chi connectivity index (χ0n) is 21.8. The molecule has 0 radical (unpaired) electrons. The van der Waals surface area contributed by atoms with Crippen LogP contribution in [0.2, 0.25) is 10.0 Å². The Labute approximate surface area is 232 Å². The molecule has 10 nitrogen and oxygen atoms in total. The first-order chi connectivity index (χ1) is 17.7. The van der Waals surface area contributed by atoms with Crippen molar-refractivity contribution in [2.75, 3.05) is 13.7 Å². The van der Waals surface area contributed by atoms with Crippen LogP contribution in [0.1, 0.15) is 39.2 Å². The third-order valence-electron chi connectivity index (χ3n) is 5.86. The third-order valence-corrected chi connectivity index (χ3v) is 6.60. The van der Waals surface area contributed by atoms with Crippen LogP contribution in [0.3, 0.4) is 0 Å². The largest absolute Gasteiger partial charge is 0.460 e. The van der Waals surface area contributed by atoms with Crippen LogP contribution in [-0.2, 0) is 30.3 Å². The fraction of sp³-hybridized carbons (Fsp3) is 0.577. The van der Waals surface area contributed by atoms with Gasteiger partial charge in [0.2, 0.25) is 5.91 Å². The summed E-state index contributed by atoms with van der Waals surface area (Å²) in [4.78, 5) is 37.7. The molecule has 1 aliphatic rings. The lowest BCUT2D eigenvalue weighted by molar-refractivity contribution is -0.151. The number of hydrogen-bond acceptors (Lipinski definition) is 8. The average molecular weight is 575 g/mol. The minimum atomic E-state index is -1.77. The summed E-state index contributed by atoms with van der Waals surface area (Å²) in [6, 6.07) is 3.82. The Morgan fingerprint density at radius 2 is 1.84 bits per heavy atom. The molecule has 6 unspecified atom stereocenters. The molecule has 0 bridgehead atoms. The van der Waals surface area contributed by atoms with Crippen molar-refractivity contribution in [2.24, 2.45) is 5.41 Å². The van der Waals surface area contributed by atoms with Gasteiger partial charge in [0, 0.05) is 7.11 Å². The van der Waals surface area contributed by atoms with Crippen LogP contribution in [0.25, 0.3) is 0 Å². The Balaban J connectivity index is 1.94. The van der Waals surface area contributed by atoms with Crippen molar-refractivity contribution in [1.82, 2.24) is 10.6 Å². The number of carbonyl (C=O) groups excluding carboxylic acids is 3. The lowest BCUT2D eigenvalue weighted by Crippen LogP contribution is -2.55. The van der Waals surface area contributed by atoms with E-state index in [1.165, 1.54) is 6.08 Å². The fourth-order valence-corrected chi connectivity index (χ4v) is 4.06. The highest BCUT2D eigenvalue weighted by atomic mass is 35.5. The topological polar surface area (TPSA) is 154 Å². The highest BCUT2D eigenvalue weighted by molar-refractivity contribution is 6.42. The Hall–Kier alpha value is -2.21. The standard InChI is InChI=1S/C26H36Cl2N2O8/c1-26(2,3)10-9-19(31)21(33)22(34)23(37-4)25(36)30-18-8-6-15(13-29-24(18)35)38-20(32)12-14-5-7-16(27)17(28)11-14/h5,7,9-11,15,18-19,21-23,31,33-34H,6,8,12-13H2,1-4H3,(H,29,35)(H,30,36)/b10-9+. The van der Waals surface area contributed by atoms with Crippen molar-refractivity contribution in [2.45, 2.75) is 76.6 Å². The van der Waals surface area contributed by atoms with Crippen LogP contribution >= 0.6 is 23.2 Å². The van der Waals surface area contributed by atoms with Gasteiger partial charge >= 0.3 is 5.97 Å². The average Bonchev–Trinajstić information content (AvgIpc) is 3.00. The van der Waals surface area contributed by atoms with Crippen LogP contribution < -0.4 is 10.6 Å². The lowest BCUT2D eigenvalue weighted by Gasteiger charge is -2.28. The van der Waals surface area contributed by atoms with E-state index in [-0.39, 0.29) is 31.2 Å². The molecule has 1 aromatic carbocycles. The number of aliphatic hydroxyl groups excluding tert-OH is 3. The smallest absolute Gasteiger partial charge is 0.310 e. The van der Waals surface area contributed by atoms with Crippen LogP contribution in [0.5, 0.6) is 0 Å². The number of hydrogen-bond donors (Lipinski definition) is 5. The molecule has 0 saturated carbocycles. The van der Waals surface area contributed by atoms with E-state index in [9.17, 15) is 29.7 Å². The number of carbonyl (C=O) groups is 3. The molecular formula is C26H36Cl2N2O8. The van der Waals surface area contributed by atoms with Gasteiger partial charge in [0.05, 0.1) is 23.0 Å². The number of benzene rings is 1. The maximum atomic E-state index is 12.8. The molecule has 38 heavy (non-hydrogen) atoms. The van der Waals surface area contributed by atoms with Gasteiger partial charge in [-0.1, -0.05) is 62.2 Å². The van der Waals surface area contributed by atoms with Gasteiger partial charge < -0.3 is 35.4 Å². The zero-order valence-corrected chi connectivity index (χ0v) is 23.3. The molecule has 1 aliphatic heterocycles. The first kappa shape index (κ1) is 32.0. The van der Waals surface area contributed by atoms with Crippen molar-refractivity contribution in [3.05, 3.63) is 46.0 Å². The van der Waals surface area contributed by atoms with E-state index in [1.807, 2.05) is 20.8 Å². The number of esters is 1. The first-order valence-electron chi connectivity index (χ1n) is 12.2. The summed E-state index contributed by atoms with van der Waals surface area (Å²) in [5.74, 6) is -1.86. The van der Waals surface area contributed by atoms with E-state index < -0.39 is 54.3 Å². The number of allylic oxidation sites excluding steroid dienone is 1. The zero-order chi connectivity index (χ0) is 28.6. The summed E-state index contributed by atoms with van der Waals surface area (Å²) < 4.78 is 10.6. The lowest BCUT2D eigenvalue weighted by atomic mass is 9.94. The SMILES string of the molecule is COC(C(=O)NC1CCC(OC(=O)Cc2ccc(Cl)c(Cl)c2)CNC1=O)C(O)C(O)C(O)/C=C/C(C)(C)C. The second-order valence-corrected chi connectivity index (χ2v) is 11.1. The van der Waals surface area contributed by atoms with Gasteiger partial charge in [-0.2, -0.15) is 0 Å². The Morgan fingerprint density at radius 1 is 1.16 bits per heavy atom. The van der Waals surface area contributed by atoms with Crippen molar-refractivity contribution in [3.63, 3.8) is 0 Å². The van der Waals surface area contributed by atoms with Gasteiger partial charge in [-0.05, 0) is 36.0 Å². The molecule has 2 amide bonds. The Morgan fingerprint density at radius 3 is 2.45 bits per heavy atom. The minimum absolute atomic E-state index is 0.0337. The molecule has 1 aromatic rings. The van der Waals surface area contributed by atoms with Gasteiger partial charge in [-0.25, -0.2) is 0 Å². The molecule has 6 atom stereocenters. The summed E-state index contributed by atoms with van der Waals surface area (Å²) in [7, 11) is 1.16. The van der Waals surface area contributed by atoms with Crippen molar-refractivity contribution in [3.8, 4) is 0 Å². The molecule has 1 heterocycles. The molecule has 12 heteroatoms. The summed E-state index contributed by atoms with van der Waals surface area (Å²) in [6.07, 6.45) is -3.73. The summed E-state index contributed by atoms with van der Waals surface area (Å²) in [6.45, 7) is 5.73. The number of nitrogens with one attached hydrogen (secondary N) is 2. The molecule has 0 aromatic heterocycles. The van der Waals surface area contributed by atoms with Crippen molar-refractivity contribution in [1.29, 1.82) is 0 Å². The Kier molecular flexibility index (Phi) is 12.0. The summed E-state index contributed by atoms with van der Waals surface area (Å²) in [5, 5.41) is 36.8. The molecule has 0 aliphatic carbocycles. The third kappa shape index (κ3) is 9.83. The van der Waals surface area contributed by atoms with Crippen LogP contribution in [-0.4, -0.2) is 83.3 Å². The Bertz CT molecular complexity index is 1010. The van der Waals surface area contributed by atoms with Crippen molar-refractivity contribution >= 4 is 41.0 Å². The minimum Gasteiger partial charge on any atom is -0.460 e. The molecule has 5 N–H and O–H groups in total. The van der Waals surface area contributed by atoms with Gasteiger partial charge in [-0.15, -0.1) is 0 Å². The first-order valence-corrected chi connectivity index (χ1v) is 12.9. The molecule has 2 rings (SSSR count). The number of rotatable bonds is 10. The number of aliphatic hydroxyl groups is 3. The summed E-state index contributed by atoms with van der Waals surface area (Å²) in [5.41, 5.74) is 0.351. The van der Waals surface area contributed by atoms with Crippen LogP contribution in [0.15, 0.2) is 30.4 Å². The molecular weight excluding hydrogens is 539 g/mol. The molecule has 212 valence electrons. The monoisotopic (exact) mass is 574 g/mol. The summed E-state index contributed by atoms with van der Waals surface area (Å²) >= 11 is 11.9. The number of amides is 2. The number of ether oxygens (including phenoxy) is 2. The predicted molar refractivity (Wildman–Crippen MR) is 142 cm³/mol. The maximum Gasteiger partial charge on any atom is 0.310 e. The van der Waals surface area contributed by atoms with Crippen LogP contribution in [0.4, 0.5) is 0 Å². The van der Waals surface area contributed by atoms with E-state index in [1.54, 1.807) is 24.3 Å². The predicted octanol–water partition coefficient (Wildman–Crippen LogP) is 1.54. The van der Waals surface area contributed by atoms with E-state index in [0.717, 1.165) is 7.11 Å². The molecule has 0 spiro atoms. The highest BCUT2D eigenvalue weighted by Gasteiger charge is 2.37. The highest BCUT2D eigenvalue weighted by Crippen LogP contribution is 2.23. The van der Waals surface area contributed by atoms with E-state index in [4.69, 9.17) is 32.7 Å². The van der Waals surface area contributed by atoms with Crippen LogP contribution in [0, 0.1) is 5.41 Å². The second kappa shape index (κ2) is 14.3. The van der Waals surface area contributed by atoms with Crippen molar-refractivity contribution < 1.29 is 39.2 Å².